The molecule has 0 radical (unpaired) electrons. The Balaban J connectivity index is 2.15. The van der Waals surface area contributed by atoms with E-state index in [0.717, 1.165) is 5.56 Å². The van der Waals surface area contributed by atoms with E-state index in [9.17, 15) is 14.3 Å². The van der Waals surface area contributed by atoms with Gasteiger partial charge in [-0.3, -0.25) is 4.79 Å². The van der Waals surface area contributed by atoms with Crippen molar-refractivity contribution in [1.82, 2.24) is 5.32 Å². The molecule has 0 saturated carbocycles. The van der Waals surface area contributed by atoms with Crippen molar-refractivity contribution in [3.05, 3.63) is 65.0 Å². The molecule has 4 heteroatoms. The van der Waals surface area contributed by atoms with Crippen LogP contribution in [-0.2, 0) is 0 Å². The Labute approximate surface area is 117 Å². The molecule has 0 aliphatic heterocycles. The first-order chi connectivity index (χ1) is 9.47. The Morgan fingerprint density at radius 2 is 2.00 bits per heavy atom. The SMILES string of the molecule is Cc1ccc(C(=O)NC(C)c2cccc(F)c2)c(O)c1. The van der Waals surface area contributed by atoms with Gasteiger partial charge in [-0.2, -0.15) is 0 Å². The highest BCUT2D eigenvalue weighted by atomic mass is 19.1. The van der Waals surface area contributed by atoms with Crippen LogP contribution in [-0.4, -0.2) is 11.0 Å². The van der Waals surface area contributed by atoms with Gasteiger partial charge in [-0.05, 0) is 49.2 Å². The average molecular weight is 273 g/mol. The first-order valence-corrected chi connectivity index (χ1v) is 6.33. The average Bonchev–Trinajstić information content (AvgIpc) is 2.38. The molecule has 0 spiro atoms. The quantitative estimate of drug-likeness (QED) is 0.901. The lowest BCUT2D eigenvalue weighted by molar-refractivity contribution is 0.0937. The fourth-order valence-corrected chi connectivity index (χ4v) is 1.97. The molecule has 1 unspecified atom stereocenters. The maximum absolute atomic E-state index is 13.1. The van der Waals surface area contributed by atoms with Gasteiger partial charge in [0.25, 0.3) is 5.91 Å². The molecule has 0 bridgehead atoms. The number of hydrogen-bond acceptors (Lipinski definition) is 2. The minimum Gasteiger partial charge on any atom is -0.507 e. The summed E-state index contributed by atoms with van der Waals surface area (Å²) in [5, 5.41) is 12.5. The molecule has 0 aromatic heterocycles. The van der Waals surface area contributed by atoms with Gasteiger partial charge in [0.2, 0.25) is 0 Å². The van der Waals surface area contributed by atoms with E-state index in [2.05, 4.69) is 5.32 Å². The molecular weight excluding hydrogens is 257 g/mol. The third kappa shape index (κ3) is 3.15. The zero-order valence-electron chi connectivity index (χ0n) is 11.4. The van der Waals surface area contributed by atoms with Crippen molar-refractivity contribution >= 4 is 5.91 Å². The van der Waals surface area contributed by atoms with Gasteiger partial charge in [-0.25, -0.2) is 4.39 Å². The normalized spacial score (nSPS) is 11.9. The maximum atomic E-state index is 13.1. The lowest BCUT2D eigenvalue weighted by atomic mass is 10.1. The van der Waals surface area contributed by atoms with Crippen LogP contribution >= 0.6 is 0 Å². The van der Waals surface area contributed by atoms with E-state index in [0.29, 0.717) is 5.56 Å². The second-order valence-corrected chi connectivity index (χ2v) is 4.77. The summed E-state index contributed by atoms with van der Waals surface area (Å²) in [5.41, 5.74) is 1.75. The molecule has 1 amide bonds. The van der Waals surface area contributed by atoms with E-state index in [1.54, 1.807) is 31.2 Å². The number of carbonyl (C=O) groups excluding carboxylic acids is 1. The summed E-state index contributed by atoms with van der Waals surface area (Å²) < 4.78 is 13.1. The fourth-order valence-electron chi connectivity index (χ4n) is 1.97. The smallest absolute Gasteiger partial charge is 0.255 e. The zero-order chi connectivity index (χ0) is 14.7. The van der Waals surface area contributed by atoms with E-state index >= 15 is 0 Å². The molecule has 104 valence electrons. The number of carbonyl (C=O) groups is 1. The highest BCUT2D eigenvalue weighted by Crippen LogP contribution is 2.20. The van der Waals surface area contributed by atoms with Crippen molar-refractivity contribution in [2.24, 2.45) is 0 Å². The van der Waals surface area contributed by atoms with Crippen molar-refractivity contribution in [1.29, 1.82) is 0 Å². The molecule has 2 rings (SSSR count). The molecular formula is C16H16FNO2. The van der Waals surface area contributed by atoms with Gasteiger partial charge in [-0.15, -0.1) is 0 Å². The number of aromatic hydroxyl groups is 1. The summed E-state index contributed by atoms with van der Waals surface area (Å²) in [7, 11) is 0. The van der Waals surface area contributed by atoms with Gasteiger partial charge in [0.05, 0.1) is 11.6 Å². The molecule has 0 heterocycles. The highest BCUT2D eigenvalue weighted by molar-refractivity contribution is 5.97. The van der Waals surface area contributed by atoms with E-state index in [-0.39, 0.29) is 29.1 Å². The van der Waals surface area contributed by atoms with Gasteiger partial charge in [0.1, 0.15) is 11.6 Å². The Morgan fingerprint density at radius 3 is 2.65 bits per heavy atom. The van der Waals surface area contributed by atoms with Gasteiger partial charge in [0, 0.05) is 0 Å². The van der Waals surface area contributed by atoms with Gasteiger partial charge in [0.15, 0.2) is 0 Å². The molecule has 2 N–H and O–H groups in total. The molecule has 3 nitrogen and oxygen atoms in total. The van der Waals surface area contributed by atoms with E-state index in [1.165, 1.54) is 18.2 Å². The largest absolute Gasteiger partial charge is 0.507 e. The standard InChI is InChI=1S/C16H16FNO2/c1-10-6-7-14(15(19)8-10)16(20)18-11(2)12-4-3-5-13(17)9-12/h3-9,11,19H,1-2H3,(H,18,20). The van der Waals surface area contributed by atoms with Crippen LogP contribution in [0.25, 0.3) is 0 Å². The van der Waals surface area contributed by atoms with E-state index in [4.69, 9.17) is 0 Å². The summed E-state index contributed by atoms with van der Waals surface area (Å²) in [6.45, 7) is 3.59. The van der Waals surface area contributed by atoms with Crippen LogP contribution in [0.1, 0.15) is 34.5 Å². The van der Waals surface area contributed by atoms with Crippen LogP contribution in [0, 0.1) is 12.7 Å². The number of hydrogen-bond donors (Lipinski definition) is 2. The minimum atomic E-state index is -0.390. The van der Waals surface area contributed by atoms with E-state index < -0.39 is 0 Å². The summed E-state index contributed by atoms with van der Waals surface area (Å²) in [5.74, 6) is -0.796. The fraction of sp³-hybridized carbons (Fsp3) is 0.188. The number of nitrogens with one attached hydrogen (secondary N) is 1. The van der Waals surface area contributed by atoms with Crippen LogP contribution in [0.2, 0.25) is 0 Å². The lowest BCUT2D eigenvalue weighted by Gasteiger charge is -2.15. The van der Waals surface area contributed by atoms with Crippen molar-refractivity contribution in [3.63, 3.8) is 0 Å². The maximum Gasteiger partial charge on any atom is 0.255 e. The van der Waals surface area contributed by atoms with Crippen molar-refractivity contribution in [2.45, 2.75) is 19.9 Å². The number of phenols is 1. The van der Waals surface area contributed by atoms with Crippen molar-refractivity contribution in [3.8, 4) is 5.75 Å². The third-order valence-corrected chi connectivity index (χ3v) is 3.09. The number of phenolic OH excluding ortho intramolecular Hbond substituents is 1. The van der Waals surface area contributed by atoms with Crippen LogP contribution < -0.4 is 5.32 Å². The van der Waals surface area contributed by atoms with Crippen LogP contribution in [0.15, 0.2) is 42.5 Å². The molecule has 1 atom stereocenters. The predicted molar refractivity (Wildman–Crippen MR) is 75.1 cm³/mol. The Kier molecular flexibility index (Phi) is 4.03. The molecule has 2 aromatic rings. The van der Waals surface area contributed by atoms with Crippen molar-refractivity contribution in [2.75, 3.05) is 0 Å². The Bertz CT molecular complexity index is 640. The predicted octanol–water partition coefficient (Wildman–Crippen LogP) is 3.33. The summed E-state index contributed by atoms with van der Waals surface area (Å²) in [6, 6.07) is 10.6. The summed E-state index contributed by atoms with van der Waals surface area (Å²) in [6.07, 6.45) is 0. The van der Waals surface area contributed by atoms with Crippen LogP contribution in [0.3, 0.4) is 0 Å². The number of rotatable bonds is 3. The van der Waals surface area contributed by atoms with Crippen LogP contribution in [0.5, 0.6) is 5.75 Å². The number of amides is 1. The highest BCUT2D eigenvalue weighted by Gasteiger charge is 2.15. The molecule has 0 aliphatic rings. The number of halogens is 1. The summed E-state index contributed by atoms with van der Waals surface area (Å²) >= 11 is 0. The lowest BCUT2D eigenvalue weighted by Crippen LogP contribution is -2.26. The van der Waals surface area contributed by atoms with Crippen molar-refractivity contribution < 1.29 is 14.3 Å². The molecule has 0 saturated heterocycles. The topological polar surface area (TPSA) is 49.3 Å². The monoisotopic (exact) mass is 273 g/mol. The van der Waals surface area contributed by atoms with Crippen LogP contribution in [0.4, 0.5) is 4.39 Å². The Hall–Kier alpha value is -2.36. The number of benzene rings is 2. The number of aryl methyl sites for hydroxylation is 1. The molecule has 2 aromatic carbocycles. The molecule has 0 fully saturated rings. The van der Waals surface area contributed by atoms with Gasteiger partial charge >= 0.3 is 0 Å². The molecule has 0 aliphatic carbocycles. The third-order valence-electron chi connectivity index (χ3n) is 3.09. The van der Waals surface area contributed by atoms with E-state index in [1.807, 2.05) is 6.92 Å². The van der Waals surface area contributed by atoms with Gasteiger partial charge in [-0.1, -0.05) is 18.2 Å². The first kappa shape index (κ1) is 14.1. The zero-order valence-corrected chi connectivity index (χ0v) is 11.4. The first-order valence-electron chi connectivity index (χ1n) is 6.33. The summed E-state index contributed by atoms with van der Waals surface area (Å²) in [4.78, 5) is 12.1. The minimum absolute atomic E-state index is 0.0612. The Morgan fingerprint density at radius 1 is 1.25 bits per heavy atom. The second-order valence-electron chi connectivity index (χ2n) is 4.77. The van der Waals surface area contributed by atoms with Gasteiger partial charge < -0.3 is 10.4 Å². The molecule has 20 heavy (non-hydrogen) atoms. The second kappa shape index (κ2) is 5.74.